The first-order valence-electron chi connectivity index (χ1n) is 4.37. The number of nitrogens with zero attached hydrogens (tertiary/aromatic N) is 2. The lowest BCUT2D eigenvalue weighted by Crippen LogP contribution is -1.77. The Morgan fingerprint density at radius 1 is 1.21 bits per heavy atom. The minimum Gasteiger partial charge on any atom is -0.359 e. The maximum atomic E-state index is 4.43. The minimum atomic E-state index is 0.845. The molecule has 14 heavy (non-hydrogen) atoms. The zero-order valence-electron chi connectivity index (χ0n) is 7.36. The number of hydrogen-bond acceptors (Lipinski definition) is 2. The van der Waals surface area contributed by atoms with Crippen molar-refractivity contribution < 1.29 is 0 Å². The summed E-state index contributed by atoms with van der Waals surface area (Å²) >= 11 is 0. The summed E-state index contributed by atoms with van der Waals surface area (Å²) in [4.78, 5) is 14.7. The first-order chi connectivity index (χ1) is 6.93. The van der Waals surface area contributed by atoms with E-state index in [0.717, 1.165) is 22.6 Å². The first-order valence-corrected chi connectivity index (χ1v) is 4.37. The molecular weight excluding hydrogens is 176 g/mol. The van der Waals surface area contributed by atoms with E-state index >= 15 is 0 Å². The number of hydrogen-bond donors (Lipinski definition) is 2. The fraction of sp³-hybridized carbons (Fsp3) is 0. The van der Waals surface area contributed by atoms with E-state index in [1.807, 2.05) is 24.4 Å². The van der Waals surface area contributed by atoms with Crippen LogP contribution in [0.25, 0.3) is 22.6 Å². The molecule has 4 heteroatoms. The highest BCUT2D eigenvalue weighted by molar-refractivity contribution is 5.77. The molecule has 0 radical (unpaired) electrons. The summed E-state index contributed by atoms with van der Waals surface area (Å²) in [6.07, 6.45) is 5.39. The van der Waals surface area contributed by atoms with Gasteiger partial charge in [0.1, 0.15) is 0 Å². The number of fused-ring (bicyclic) bond motifs is 1. The third-order valence-electron chi connectivity index (χ3n) is 2.14. The number of aromatic nitrogens is 4. The Morgan fingerprint density at radius 2 is 2.21 bits per heavy atom. The zero-order valence-corrected chi connectivity index (χ0v) is 7.36. The number of nitrogens with one attached hydrogen (secondary N) is 2. The largest absolute Gasteiger partial charge is 0.359 e. The van der Waals surface area contributed by atoms with Crippen LogP contribution in [0.1, 0.15) is 0 Å². The van der Waals surface area contributed by atoms with Crippen LogP contribution in [0.2, 0.25) is 0 Å². The molecule has 0 aliphatic rings. The summed E-state index contributed by atoms with van der Waals surface area (Å²) < 4.78 is 0. The highest BCUT2D eigenvalue weighted by atomic mass is 15.0. The Morgan fingerprint density at radius 3 is 3.00 bits per heavy atom. The molecule has 0 saturated carbocycles. The van der Waals surface area contributed by atoms with Crippen molar-refractivity contribution in [1.82, 2.24) is 19.9 Å². The van der Waals surface area contributed by atoms with Crippen molar-refractivity contribution in [2.45, 2.75) is 0 Å². The summed E-state index contributed by atoms with van der Waals surface area (Å²) in [7, 11) is 0. The van der Waals surface area contributed by atoms with Gasteiger partial charge in [0, 0.05) is 12.4 Å². The van der Waals surface area contributed by atoms with Crippen molar-refractivity contribution >= 4 is 11.0 Å². The Bertz CT molecular complexity index is 517. The molecular formula is C10H8N4. The smallest absolute Gasteiger partial charge is 0.155 e. The Hall–Kier alpha value is -2.10. The number of pyridine rings is 1. The molecule has 0 aliphatic heterocycles. The highest BCUT2D eigenvalue weighted by Crippen LogP contribution is 2.17. The predicted octanol–water partition coefficient (Wildman–Crippen LogP) is 1.95. The van der Waals surface area contributed by atoms with Crippen molar-refractivity contribution in [3.63, 3.8) is 0 Å². The van der Waals surface area contributed by atoms with Gasteiger partial charge >= 0.3 is 0 Å². The Labute approximate surface area is 80.0 Å². The van der Waals surface area contributed by atoms with Crippen LogP contribution in [0, 0.1) is 0 Å². The second-order valence-corrected chi connectivity index (χ2v) is 3.06. The topological polar surface area (TPSA) is 57.4 Å². The van der Waals surface area contributed by atoms with Gasteiger partial charge in [-0.25, -0.2) is 4.98 Å². The van der Waals surface area contributed by atoms with E-state index in [2.05, 4.69) is 19.9 Å². The van der Waals surface area contributed by atoms with Gasteiger partial charge in [-0.3, -0.25) is 4.98 Å². The summed E-state index contributed by atoms with van der Waals surface area (Å²) in [5.74, 6) is 0.845. The molecule has 0 bridgehead atoms. The van der Waals surface area contributed by atoms with E-state index < -0.39 is 0 Å². The molecule has 0 unspecified atom stereocenters. The average molecular weight is 184 g/mol. The van der Waals surface area contributed by atoms with Crippen molar-refractivity contribution in [2.75, 3.05) is 0 Å². The Kier molecular flexibility index (Phi) is 1.41. The molecule has 3 aromatic rings. The van der Waals surface area contributed by atoms with Crippen LogP contribution in [-0.2, 0) is 0 Å². The highest BCUT2D eigenvalue weighted by Gasteiger charge is 2.04. The summed E-state index contributed by atoms with van der Waals surface area (Å²) in [5.41, 5.74) is 2.88. The van der Waals surface area contributed by atoms with Gasteiger partial charge in [0.05, 0.1) is 22.9 Å². The maximum Gasteiger partial charge on any atom is 0.155 e. The van der Waals surface area contributed by atoms with Gasteiger partial charge in [0.25, 0.3) is 0 Å². The van der Waals surface area contributed by atoms with Crippen LogP contribution >= 0.6 is 0 Å². The molecule has 0 spiro atoms. The molecule has 3 rings (SSSR count). The van der Waals surface area contributed by atoms with Gasteiger partial charge in [-0.1, -0.05) is 0 Å². The van der Waals surface area contributed by atoms with Gasteiger partial charge in [-0.05, 0) is 18.2 Å². The lowest BCUT2D eigenvalue weighted by molar-refractivity contribution is 1.27. The molecule has 4 nitrogen and oxygen atoms in total. The maximum absolute atomic E-state index is 4.43. The SMILES string of the molecule is c1c[nH]c(-c2nc3ccncc3[nH]2)c1. The second-order valence-electron chi connectivity index (χ2n) is 3.06. The average Bonchev–Trinajstić information content (AvgIpc) is 2.86. The molecule has 0 fully saturated rings. The molecule has 0 aromatic carbocycles. The van der Waals surface area contributed by atoms with Crippen molar-refractivity contribution in [3.05, 3.63) is 36.8 Å². The van der Waals surface area contributed by atoms with Gasteiger partial charge in [0.2, 0.25) is 0 Å². The fourth-order valence-electron chi connectivity index (χ4n) is 1.46. The van der Waals surface area contributed by atoms with Crippen LogP contribution in [0.5, 0.6) is 0 Å². The van der Waals surface area contributed by atoms with Crippen LogP contribution in [0.4, 0.5) is 0 Å². The van der Waals surface area contributed by atoms with E-state index in [-0.39, 0.29) is 0 Å². The van der Waals surface area contributed by atoms with E-state index in [1.165, 1.54) is 0 Å². The molecule has 0 saturated heterocycles. The third-order valence-corrected chi connectivity index (χ3v) is 2.14. The quantitative estimate of drug-likeness (QED) is 0.607. The molecule has 68 valence electrons. The van der Waals surface area contributed by atoms with Crippen LogP contribution in [-0.4, -0.2) is 19.9 Å². The van der Waals surface area contributed by atoms with E-state index in [1.54, 1.807) is 12.4 Å². The van der Waals surface area contributed by atoms with Crippen LogP contribution < -0.4 is 0 Å². The molecule has 2 N–H and O–H groups in total. The van der Waals surface area contributed by atoms with Crippen molar-refractivity contribution in [2.24, 2.45) is 0 Å². The van der Waals surface area contributed by atoms with Gasteiger partial charge < -0.3 is 9.97 Å². The number of H-pyrrole nitrogens is 2. The van der Waals surface area contributed by atoms with Crippen molar-refractivity contribution in [1.29, 1.82) is 0 Å². The van der Waals surface area contributed by atoms with E-state index in [0.29, 0.717) is 0 Å². The molecule has 3 heterocycles. The molecule has 3 aromatic heterocycles. The van der Waals surface area contributed by atoms with Gasteiger partial charge in [-0.2, -0.15) is 0 Å². The summed E-state index contributed by atoms with van der Waals surface area (Å²) in [6, 6.07) is 5.81. The predicted molar refractivity (Wildman–Crippen MR) is 53.7 cm³/mol. The number of aromatic amines is 2. The second kappa shape index (κ2) is 2.70. The molecule has 0 aliphatic carbocycles. The zero-order chi connectivity index (χ0) is 9.38. The Balaban J connectivity index is 2.24. The summed E-state index contributed by atoms with van der Waals surface area (Å²) in [5, 5.41) is 0. The van der Waals surface area contributed by atoms with E-state index in [4.69, 9.17) is 0 Å². The van der Waals surface area contributed by atoms with Gasteiger partial charge in [0.15, 0.2) is 5.82 Å². The lowest BCUT2D eigenvalue weighted by Gasteiger charge is -1.87. The third kappa shape index (κ3) is 1.01. The number of imidazole rings is 1. The van der Waals surface area contributed by atoms with Crippen LogP contribution in [0.15, 0.2) is 36.8 Å². The monoisotopic (exact) mass is 184 g/mol. The summed E-state index contributed by atoms with van der Waals surface area (Å²) in [6.45, 7) is 0. The normalized spacial score (nSPS) is 10.9. The number of rotatable bonds is 1. The first kappa shape index (κ1) is 7.32. The fourth-order valence-corrected chi connectivity index (χ4v) is 1.46. The van der Waals surface area contributed by atoms with Crippen molar-refractivity contribution in [3.8, 4) is 11.5 Å². The van der Waals surface area contributed by atoms with Crippen LogP contribution in [0.3, 0.4) is 0 Å². The van der Waals surface area contributed by atoms with E-state index in [9.17, 15) is 0 Å². The lowest BCUT2D eigenvalue weighted by atomic mass is 10.4. The molecule has 0 amide bonds. The van der Waals surface area contributed by atoms with Gasteiger partial charge in [-0.15, -0.1) is 0 Å². The molecule has 0 atom stereocenters. The minimum absolute atomic E-state index is 0.845. The standard InChI is InChI=1S/C10H8N4/c1-2-8(12-4-1)10-13-7-3-5-11-6-9(7)14-10/h1-6,12H,(H,13,14).